The summed E-state index contributed by atoms with van der Waals surface area (Å²) < 4.78 is 5.32. The fourth-order valence-electron chi connectivity index (χ4n) is 2.10. The Kier molecular flexibility index (Phi) is 4.62. The van der Waals surface area contributed by atoms with E-state index >= 15 is 0 Å². The quantitative estimate of drug-likeness (QED) is 0.590. The molecule has 5 heteroatoms. The third-order valence-electron chi connectivity index (χ3n) is 3.25. The molecule has 0 spiro atoms. The lowest BCUT2D eigenvalue weighted by Gasteiger charge is -2.10. The van der Waals surface area contributed by atoms with Crippen molar-refractivity contribution in [3.8, 4) is 5.75 Å². The Morgan fingerprint density at radius 2 is 1.54 bits per heavy atom. The molecule has 0 aliphatic rings. The molecule has 0 fully saturated rings. The summed E-state index contributed by atoms with van der Waals surface area (Å²) in [7, 11) is 0. The molecule has 0 unspecified atom stereocenters. The maximum atomic E-state index is 12.4. The third kappa shape index (κ3) is 3.64. The summed E-state index contributed by atoms with van der Waals surface area (Å²) in [6, 6.07) is 20.5. The van der Waals surface area contributed by atoms with Crippen molar-refractivity contribution >= 4 is 17.6 Å². The van der Waals surface area contributed by atoms with Crippen LogP contribution in [0.4, 0.5) is 5.69 Å². The molecule has 5 nitrogen and oxygen atoms in total. The van der Waals surface area contributed by atoms with Gasteiger partial charge in [0.25, 0.3) is 5.91 Å². The van der Waals surface area contributed by atoms with Gasteiger partial charge in [0.15, 0.2) is 0 Å². The second kappa shape index (κ2) is 7.19. The Balaban J connectivity index is 1.80. The van der Waals surface area contributed by atoms with Crippen molar-refractivity contribution in [3.63, 3.8) is 0 Å². The molecule has 1 heterocycles. The van der Waals surface area contributed by atoms with Crippen LogP contribution in [0, 0.1) is 0 Å². The number of amides is 1. The second-order valence-corrected chi connectivity index (χ2v) is 4.92. The third-order valence-corrected chi connectivity index (χ3v) is 3.25. The first-order valence-electron chi connectivity index (χ1n) is 7.33. The molecule has 1 aromatic heterocycles. The van der Waals surface area contributed by atoms with Crippen molar-refractivity contribution in [2.24, 2.45) is 0 Å². The average molecular weight is 318 g/mol. The number of rotatable bonds is 4. The maximum Gasteiger partial charge on any atom is 0.345 e. The molecule has 118 valence electrons. The van der Waals surface area contributed by atoms with Crippen LogP contribution in [-0.4, -0.2) is 16.9 Å². The predicted octanol–water partition coefficient (Wildman–Crippen LogP) is 3.55. The average Bonchev–Trinajstić information content (AvgIpc) is 2.63. The Morgan fingerprint density at radius 1 is 0.833 bits per heavy atom. The molecule has 0 aliphatic heterocycles. The Morgan fingerprint density at radius 3 is 2.29 bits per heavy atom. The number of hydrogen-bond acceptors (Lipinski definition) is 4. The van der Waals surface area contributed by atoms with E-state index in [-0.39, 0.29) is 11.3 Å². The van der Waals surface area contributed by atoms with E-state index in [9.17, 15) is 9.59 Å². The smallest absolute Gasteiger partial charge is 0.345 e. The van der Waals surface area contributed by atoms with Crippen molar-refractivity contribution in [2.75, 3.05) is 5.32 Å². The topological polar surface area (TPSA) is 68.3 Å². The van der Waals surface area contributed by atoms with Gasteiger partial charge in [0.05, 0.1) is 11.3 Å². The number of para-hydroxylation sites is 2. The van der Waals surface area contributed by atoms with Crippen molar-refractivity contribution in [1.29, 1.82) is 0 Å². The maximum absolute atomic E-state index is 12.4. The molecule has 0 bridgehead atoms. The van der Waals surface area contributed by atoms with Gasteiger partial charge in [-0.25, -0.2) is 4.79 Å². The molecule has 1 N–H and O–H groups in total. The number of nitrogens with zero attached hydrogens (tertiary/aromatic N) is 1. The summed E-state index contributed by atoms with van der Waals surface area (Å²) in [6.07, 6.45) is 1.53. The van der Waals surface area contributed by atoms with E-state index < -0.39 is 11.9 Å². The molecular formula is C19H14N2O3. The van der Waals surface area contributed by atoms with Crippen LogP contribution in [0.5, 0.6) is 5.75 Å². The van der Waals surface area contributed by atoms with Crippen molar-refractivity contribution < 1.29 is 14.3 Å². The lowest BCUT2D eigenvalue weighted by atomic mass is 10.1. The number of aromatic nitrogens is 1. The van der Waals surface area contributed by atoms with Crippen LogP contribution < -0.4 is 10.1 Å². The zero-order valence-electron chi connectivity index (χ0n) is 12.7. The van der Waals surface area contributed by atoms with E-state index in [4.69, 9.17) is 4.74 Å². The first kappa shape index (κ1) is 15.4. The van der Waals surface area contributed by atoms with Crippen LogP contribution in [-0.2, 0) is 0 Å². The fourth-order valence-corrected chi connectivity index (χ4v) is 2.10. The lowest BCUT2D eigenvalue weighted by molar-refractivity contribution is 0.0736. The largest absolute Gasteiger partial charge is 0.423 e. The summed E-state index contributed by atoms with van der Waals surface area (Å²) in [5.74, 6) is -0.498. The number of esters is 1. The van der Waals surface area contributed by atoms with Gasteiger partial charge in [0, 0.05) is 6.20 Å². The van der Waals surface area contributed by atoms with E-state index in [1.807, 2.05) is 6.07 Å². The number of carbonyl (C=O) groups excluding carboxylic acids is 2. The van der Waals surface area contributed by atoms with Crippen LogP contribution in [0.15, 0.2) is 79.0 Å². The molecule has 0 atom stereocenters. The second-order valence-electron chi connectivity index (χ2n) is 4.92. The standard InChI is InChI=1S/C19H14N2O3/c22-18(17-12-6-7-13-20-17)21-16-11-5-4-10-15(16)19(23)24-14-8-2-1-3-9-14/h1-13H,(H,21,22). The van der Waals surface area contributed by atoms with Gasteiger partial charge in [0.2, 0.25) is 0 Å². The predicted molar refractivity (Wildman–Crippen MR) is 90.0 cm³/mol. The molecule has 1 amide bonds. The zero-order chi connectivity index (χ0) is 16.8. The van der Waals surface area contributed by atoms with Gasteiger partial charge >= 0.3 is 5.97 Å². The molecule has 0 aliphatic carbocycles. The molecule has 0 saturated heterocycles. The zero-order valence-corrected chi connectivity index (χ0v) is 12.7. The van der Waals surface area contributed by atoms with Crippen LogP contribution in [0.1, 0.15) is 20.8 Å². The fraction of sp³-hybridized carbons (Fsp3) is 0. The molecule has 0 radical (unpaired) electrons. The normalized spacial score (nSPS) is 10.0. The van der Waals surface area contributed by atoms with Gasteiger partial charge in [-0.1, -0.05) is 36.4 Å². The van der Waals surface area contributed by atoms with Crippen LogP contribution in [0.2, 0.25) is 0 Å². The minimum atomic E-state index is -0.543. The van der Waals surface area contributed by atoms with Crippen molar-refractivity contribution in [3.05, 3.63) is 90.3 Å². The summed E-state index contributed by atoms with van der Waals surface area (Å²) in [5, 5.41) is 2.69. The highest BCUT2D eigenvalue weighted by atomic mass is 16.5. The number of hydrogen-bond donors (Lipinski definition) is 1. The first-order valence-corrected chi connectivity index (χ1v) is 7.33. The summed E-state index contributed by atoms with van der Waals surface area (Å²) >= 11 is 0. The molecule has 2 aromatic carbocycles. The van der Waals surface area contributed by atoms with Crippen LogP contribution in [0.3, 0.4) is 0 Å². The number of ether oxygens (including phenoxy) is 1. The Hall–Kier alpha value is -3.47. The molecule has 24 heavy (non-hydrogen) atoms. The van der Waals surface area contributed by atoms with Crippen molar-refractivity contribution in [2.45, 2.75) is 0 Å². The highest BCUT2D eigenvalue weighted by Gasteiger charge is 2.16. The number of anilines is 1. The van der Waals surface area contributed by atoms with Gasteiger partial charge in [-0.2, -0.15) is 0 Å². The highest BCUT2D eigenvalue weighted by molar-refractivity contribution is 6.07. The van der Waals surface area contributed by atoms with Gasteiger partial charge in [-0.05, 0) is 36.4 Å². The number of carbonyl (C=O) groups is 2. The van der Waals surface area contributed by atoms with Gasteiger partial charge in [0.1, 0.15) is 11.4 Å². The van der Waals surface area contributed by atoms with Gasteiger partial charge in [-0.3, -0.25) is 9.78 Å². The van der Waals surface area contributed by atoms with Gasteiger partial charge in [-0.15, -0.1) is 0 Å². The number of pyridine rings is 1. The van der Waals surface area contributed by atoms with E-state index in [1.165, 1.54) is 6.20 Å². The number of nitrogens with one attached hydrogen (secondary N) is 1. The molecule has 3 aromatic rings. The van der Waals surface area contributed by atoms with Gasteiger partial charge < -0.3 is 10.1 Å². The van der Waals surface area contributed by atoms with Crippen molar-refractivity contribution in [1.82, 2.24) is 4.98 Å². The monoisotopic (exact) mass is 318 g/mol. The highest BCUT2D eigenvalue weighted by Crippen LogP contribution is 2.19. The van der Waals surface area contributed by atoms with Crippen LogP contribution >= 0.6 is 0 Å². The summed E-state index contributed by atoms with van der Waals surface area (Å²) in [6.45, 7) is 0. The molecule has 0 saturated carbocycles. The van der Waals surface area contributed by atoms with E-state index in [1.54, 1.807) is 66.7 Å². The van der Waals surface area contributed by atoms with E-state index in [0.717, 1.165) is 0 Å². The summed E-state index contributed by atoms with van der Waals surface area (Å²) in [5.41, 5.74) is 0.906. The minimum absolute atomic E-state index is 0.267. The molecular weight excluding hydrogens is 304 g/mol. The van der Waals surface area contributed by atoms with Crippen LogP contribution in [0.25, 0.3) is 0 Å². The Labute approximate surface area is 138 Å². The lowest BCUT2D eigenvalue weighted by Crippen LogP contribution is -2.17. The van der Waals surface area contributed by atoms with E-state index in [2.05, 4.69) is 10.3 Å². The Bertz CT molecular complexity index is 849. The summed E-state index contributed by atoms with van der Waals surface area (Å²) in [4.78, 5) is 28.6. The van der Waals surface area contributed by atoms with E-state index in [0.29, 0.717) is 11.4 Å². The SMILES string of the molecule is O=C(Nc1ccccc1C(=O)Oc1ccccc1)c1ccccn1. The minimum Gasteiger partial charge on any atom is -0.423 e. The first-order chi connectivity index (χ1) is 11.7. The molecule has 3 rings (SSSR count). The number of benzene rings is 2.